The first-order chi connectivity index (χ1) is 11.6. The molecule has 0 fully saturated rings. The van der Waals surface area contributed by atoms with Crippen LogP contribution in [0, 0.1) is 13.8 Å². The minimum atomic E-state index is -0.108. The van der Waals surface area contributed by atoms with E-state index in [1.165, 1.54) is 11.1 Å². The summed E-state index contributed by atoms with van der Waals surface area (Å²) in [7, 11) is 1.68. The number of thiazole rings is 1. The number of methoxy groups -OCH3 is 1. The molecule has 1 aromatic carbocycles. The maximum Gasteiger partial charge on any atom is 0.253 e. The number of benzene rings is 1. The predicted molar refractivity (Wildman–Crippen MR) is 99.8 cm³/mol. The first-order valence-corrected chi connectivity index (χ1v) is 9.47. The summed E-state index contributed by atoms with van der Waals surface area (Å²) in [6.45, 7) is 5.48. The molecule has 0 N–H and O–H groups in total. The number of aromatic nitrogens is 1. The molecule has 0 saturated heterocycles. The second kappa shape index (κ2) is 7.42. The summed E-state index contributed by atoms with van der Waals surface area (Å²) >= 11 is 3.15. The van der Waals surface area contributed by atoms with Crippen LogP contribution in [0.25, 0.3) is 10.2 Å². The standard InChI is InChI=1S/C18H20N2O2S2/c1-12-9-15-16(10-13(12)2)24-18(20(15)6-7-22-3)19-17(21)11-14-5-4-8-23-14/h4-5,8-10H,6-7,11H2,1-3H3. The summed E-state index contributed by atoms with van der Waals surface area (Å²) in [5.74, 6) is -0.108. The van der Waals surface area contributed by atoms with E-state index in [0.29, 0.717) is 19.6 Å². The quantitative estimate of drug-likeness (QED) is 0.696. The Bertz CT molecular complexity index is 921. The minimum Gasteiger partial charge on any atom is -0.383 e. The summed E-state index contributed by atoms with van der Waals surface area (Å²) in [6, 6.07) is 8.26. The van der Waals surface area contributed by atoms with Crippen molar-refractivity contribution in [3.05, 3.63) is 50.5 Å². The largest absolute Gasteiger partial charge is 0.383 e. The molecule has 6 heteroatoms. The molecule has 1 amide bonds. The van der Waals surface area contributed by atoms with Gasteiger partial charge in [0.15, 0.2) is 4.80 Å². The van der Waals surface area contributed by atoms with Crippen LogP contribution in [0.2, 0.25) is 0 Å². The Morgan fingerprint density at radius 3 is 2.79 bits per heavy atom. The van der Waals surface area contributed by atoms with E-state index in [2.05, 4.69) is 35.5 Å². The lowest BCUT2D eigenvalue weighted by molar-refractivity contribution is -0.117. The Labute approximate surface area is 149 Å². The van der Waals surface area contributed by atoms with Crippen molar-refractivity contribution < 1.29 is 9.53 Å². The Morgan fingerprint density at radius 1 is 1.29 bits per heavy atom. The number of hydrogen-bond acceptors (Lipinski definition) is 4. The molecule has 0 aliphatic carbocycles. The fourth-order valence-electron chi connectivity index (χ4n) is 2.51. The summed E-state index contributed by atoms with van der Waals surface area (Å²) in [6.07, 6.45) is 0.355. The van der Waals surface area contributed by atoms with Crippen molar-refractivity contribution in [3.8, 4) is 0 Å². The van der Waals surface area contributed by atoms with Gasteiger partial charge in [0.2, 0.25) is 0 Å². The first kappa shape index (κ1) is 17.1. The molecule has 3 aromatic rings. The summed E-state index contributed by atoms with van der Waals surface area (Å²) < 4.78 is 8.46. The average molecular weight is 361 g/mol. The van der Waals surface area contributed by atoms with Gasteiger partial charge in [-0.3, -0.25) is 4.79 Å². The van der Waals surface area contributed by atoms with Crippen molar-refractivity contribution in [1.82, 2.24) is 4.57 Å². The molecule has 0 bridgehead atoms. The Kier molecular flexibility index (Phi) is 5.28. The molecular formula is C18H20N2O2S2. The molecule has 0 aliphatic heterocycles. The molecule has 3 rings (SSSR count). The summed E-state index contributed by atoms with van der Waals surface area (Å²) in [4.78, 5) is 18.5. The van der Waals surface area contributed by atoms with Gasteiger partial charge >= 0.3 is 0 Å². The van der Waals surface area contributed by atoms with Crippen LogP contribution in [0.3, 0.4) is 0 Å². The van der Waals surface area contributed by atoms with Gasteiger partial charge in [-0.25, -0.2) is 0 Å². The molecular weight excluding hydrogens is 340 g/mol. The van der Waals surface area contributed by atoms with Crippen molar-refractivity contribution in [2.75, 3.05) is 13.7 Å². The second-order valence-corrected chi connectivity index (χ2v) is 7.74. The average Bonchev–Trinajstić information content (AvgIpc) is 3.14. The van der Waals surface area contributed by atoms with E-state index < -0.39 is 0 Å². The van der Waals surface area contributed by atoms with Crippen molar-refractivity contribution >= 4 is 38.8 Å². The number of fused-ring (bicyclic) bond motifs is 1. The number of hydrogen-bond donors (Lipinski definition) is 0. The van der Waals surface area contributed by atoms with Crippen molar-refractivity contribution in [3.63, 3.8) is 0 Å². The number of rotatable bonds is 5. The zero-order valence-electron chi connectivity index (χ0n) is 14.0. The molecule has 0 spiro atoms. The van der Waals surface area contributed by atoms with E-state index in [1.54, 1.807) is 29.8 Å². The highest BCUT2D eigenvalue weighted by Gasteiger charge is 2.10. The van der Waals surface area contributed by atoms with E-state index in [9.17, 15) is 4.79 Å². The molecule has 0 atom stereocenters. The smallest absolute Gasteiger partial charge is 0.253 e. The zero-order valence-corrected chi connectivity index (χ0v) is 15.7. The van der Waals surface area contributed by atoms with Crippen molar-refractivity contribution in [2.24, 2.45) is 4.99 Å². The van der Waals surface area contributed by atoms with Crippen molar-refractivity contribution in [2.45, 2.75) is 26.8 Å². The van der Waals surface area contributed by atoms with Crippen LogP contribution in [0.15, 0.2) is 34.6 Å². The highest BCUT2D eigenvalue weighted by molar-refractivity contribution is 7.16. The van der Waals surface area contributed by atoms with Gasteiger partial charge in [0, 0.05) is 18.5 Å². The monoisotopic (exact) mass is 360 g/mol. The predicted octanol–water partition coefficient (Wildman–Crippen LogP) is 3.70. The molecule has 2 heterocycles. The van der Waals surface area contributed by atoms with Gasteiger partial charge in [0.25, 0.3) is 5.91 Å². The van der Waals surface area contributed by atoms with E-state index >= 15 is 0 Å². The third-order valence-corrected chi connectivity index (χ3v) is 5.86. The first-order valence-electron chi connectivity index (χ1n) is 7.78. The number of carbonyl (C=O) groups is 1. The van der Waals surface area contributed by atoms with E-state index in [-0.39, 0.29) is 5.91 Å². The highest BCUT2D eigenvalue weighted by atomic mass is 32.1. The van der Waals surface area contributed by atoms with E-state index in [4.69, 9.17) is 4.74 Å². The lowest BCUT2D eigenvalue weighted by Crippen LogP contribution is -2.19. The van der Waals surface area contributed by atoms with Gasteiger partial charge in [-0.15, -0.1) is 11.3 Å². The maximum absolute atomic E-state index is 12.3. The van der Waals surface area contributed by atoms with Crippen LogP contribution in [-0.4, -0.2) is 24.2 Å². The number of aryl methyl sites for hydroxylation is 2. The van der Waals surface area contributed by atoms with E-state index in [1.807, 2.05) is 17.5 Å². The third-order valence-electron chi connectivity index (χ3n) is 3.94. The van der Waals surface area contributed by atoms with Gasteiger partial charge in [0.1, 0.15) is 0 Å². The van der Waals surface area contributed by atoms with Crippen LogP contribution < -0.4 is 4.80 Å². The lowest BCUT2D eigenvalue weighted by Gasteiger charge is -2.06. The lowest BCUT2D eigenvalue weighted by atomic mass is 10.1. The number of thiophene rings is 1. The van der Waals surface area contributed by atoms with Crippen molar-refractivity contribution in [1.29, 1.82) is 0 Å². The van der Waals surface area contributed by atoms with Gasteiger partial charge in [-0.1, -0.05) is 17.4 Å². The Hall–Kier alpha value is -1.76. The Balaban J connectivity index is 2.04. The van der Waals surface area contributed by atoms with Crippen LogP contribution in [0.4, 0.5) is 0 Å². The minimum absolute atomic E-state index is 0.108. The molecule has 126 valence electrons. The van der Waals surface area contributed by atoms with Crippen LogP contribution in [0.1, 0.15) is 16.0 Å². The summed E-state index contributed by atoms with van der Waals surface area (Å²) in [5.41, 5.74) is 3.60. The Morgan fingerprint density at radius 2 is 2.08 bits per heavy atom. The van der Waals surface area contributed by atoms with E-state index in [0.717, 1.165) is 19.9 Å². The summed E-state index contributed by atoms with van der Waals surface area (Å²) in [5, 5.41) is 1.98. The maximum atomic E-state index is 12.3. The number of amides is 1. The fourth-order valence-corrected chi connectivity index (χ4v) is 4.36. The normalized spacial score (nSPS) is 12.2. The van der Waals surface area contributed by atoms with Crippen LogP contribution >= 0.6 is 22.7 Å². The molecule has 0 radical (unpaired) electrons. The second-order valence-electron chi connectivity index (χ2n) is 5.69. The molecule has 2 aromatic heterocycles. The fraction of sp³-hybridized carbons (Fsp3) is 0.333. The molecule has 0 saturated carbocycles. The number of carbonyl (C=O) groups excluding carboxylic acids is 1. The van der Waals surface area contributed by atoms with Gasteiger partial charge < -0.3 is 9.30 Å². The number of nitrogens with zero attached hydrogens (tertiary/aromatic N) is 2. The SMILES string of the molecule is COCCn1c(=NC(=O)Cc2cccs2)sc2cc(C)c(C)cc21. The van der Waals surface area contributed by atoms with Gasteiger partial charge in [-0.05, 0) is 48.6 Å². The van der Waals surface area contributed by atoms with Crippen LogP contribution in [0.5, 0.6) is 0 Å². The molecule has 4 nitrogen and oxygen atoms in total. The third kappa shape index (κ3) is 3.66. The number of ether oxygens (including phenoxy) is 1. The topological polar surface area (TPSA) is 43.6 Å². The van der Waals surface area contributed by atoms with Crippen LogP contribution in [-0.2, 0) is 22.5 Å². The molecule has 0 aliphatic rings. The van der Waals surface area contributed by atoms with Gasteiger partial charge in [0.05, 0.1) is 23.2 Å². The molecule has 24 heavy (non-hydrogen) atoms. The molecule has 0 unspecified atom stereocenters. The van der Waals surface area contributed by atoms with Gasteiger partial charge in [-0.2, -0.15) is 4.99 Å². The zero-order chi connectivity index (χ0) is 17.1. The highest BCUT2D eigenvalue weighted by Crippen LogP contribution is 2.22.